The fraction of sp³-hybridized carbons (Fsp3) is 0.562. The molecule has 21 heavy (non-hydrogen) atoms. The summed E-state index contributed by atoms with van der Waals surface area (Å²) in [6.45, 7) is 10.00. The van der Waals surface area contributed by atoms with Gasteiger partial charge in [-0.3, -0.25) is 9.69 Å². The molecule has 0 aliphatic heterocycles. The van der Waals surface area contributed by atoms with Gasteiger partial charge in [0, 0.05) is 12.2 Å². The number of anilines is 1. The zero-order valence-electron chi connectivity index (χ0n) is 13.7. The zero-order valence-corrected chi connectivity index (χ0v) is 14.5. The summed E-state index contributed by atoms with van der Waals surface area (Å²) in [4.78, 5) is 14.1. The molecule has 0 bridgehead atoms. The molecule has 0 aliphatic rings. The number of nitrogens with zero attached hydrogens (tertiary/aromatic N) is 1. The average molecular weight is 314 g/mol. The van der Waals surface area contributed by atoms with E-state index in [1.807, 2.05) is 44.0 Å². The summed E-state index contributed by atoms with van der Waals surface area (Å²) in [6.07, 6.45) is 0. The number of halogens is 1. The minimum Gasteiger partial charge on any atom is -0.330 e. The lowest BCUT2D eigenvalue weighted by molar-refractivity contribution is -0.117. The molecule has 4 nitrogen and oxygen atoms in total. The predicted octanol–water partition coefficient (Wildman–Crippen LogP) is 2.58. The molecule has 0 aromatic heterocycles. The first kappa shape index (κ1) is 19.9. The molecular formula is C16H28ClN3O. The predicted molar refractivity (Wildman–Crippen MR) is 92.1 cm³/mol. The number of carbonyl (C=O) groups is 1. The second-order valence-corrected chi connectivity index (χ2v) is 6.41. The highest BCUT2D eigenvalue weighted by Crippen LogP contribution is 2.17. The Morgan fingerprint density at radius 1 is 1.33 bits per heavy atom. The van der Waals surface area contributed by atoms with Gasteiger partial charge < -0.3 is 11.1 Å². The Labute approximate surface area is 134 Å². The van der Waals surface area contributed by atoms with Gasteiger partial charge in [0.15, 0.2) is 0 Å². The van der Waals surface area contributed by atoms with Crippen molar-refractivity contribution < 1.29 is 4.79 Å². The Kier molecular flexibility index (Phi) is 7.93. The van der Waals surface area contributed by atoms with Crippen LogP contribution in [0.25, 0.3) is 0 Å². The number of benzene rings is 1. The Morgan fingerprint density at radius 3 is 2.52 bits per heavy atom. The molecule has 120 valence electrons. The SMILES string of the molecule is Cc1ccc(C)c(NC(=O)CN(C)CC(C)(C)CN)c1.Cl. The number of amides is 1. The average Bonchev–Trinajstić information content (AvgIpc) is 2.33. The lowest BCUT2D eigenvalue weighted by atomic mass is 9.93. The maximum Gasteiger partial charge on any atom is 0.238 e. The van der Waals surface area contributed by atoms with Crippen LogP contribution in [0.1, 0.15) is 25.0 Å². The maximum absolute atomic E-state index is 12.1. The first-order valence-electron chi connectivity index (χ1n) is 6.99. The van der Waals surface area contributed by atoms with E-state index in [1.54, 1.807) is 0 Å². The molecule has 0 unspecified atom stereocenters. The first-order chi connectivity index (χ1) is 9.23. The molecule has 1 aromatic carbocycles. The van der Waals surface area contributed by atoms with Gasteiger partial charge in [-0.25, -0.2) is 0 Å². The van der Waals surface area contributed by atoms with Crippen LogP contribution in [0.2, 0.25) is 0 Å². The second kappa shape index (κ2) is 8.37. The van der Waals surface area contributed by atoms with Crippen LogP contribution in [0.5, 0.6) is 0 Å². The summed E-state index contributed by atoms with van der Waals surface area (Å²) in [6, 6.07) is 6.06. The summed E-state index contributed by atoms with van der Waals surface area (Å²) in [5, 5.41) is 2.97. The highest BCUT2D eigenvalue weighted by molar-refractivity contribution is 5.93. The molecule has 1 rings (SSSR count). The van der Waals surface area contributed by atoms with Crippen molar-refractivity contribution in [2.45, 2.75) is 27.7 Å². The van der Waals surface area contributed by atoms with E-state index in [9.17, 15) is 4.79 Å². The molecule has 0 saturated heterocycles. The van der Waals surface area contributed by atoms with Crippen LogP contribution in [0, 0.1) is 19.3 Å². The fourth-order valence-corrected chi connectivity index (χ4v) is 2.16. The van der Waals surface area contributed by atoms with E-state index in [-0.39, 0.29) is 23.7 Å². The van der Waals surface area contributed by atoms with E-state index < -0.39 is 0 Å². The number of hydrogen-bond donors (Lipinski definition) is 2. The summed E-state index contributed by atoms with van der Waals surface area (Å²) in [7, 11) is 1.94. The molecule has 0 radical (unpaired) electrons. The molecule has 1 aromatic rings. The van der Waals surface area contributed by atoms with Crippen LogP contribution in [0.15, 0.2) is 18.2 Å². The summed E-state index contributed by atoms with van der Waals surface area (Å²) < 4.78 is 0. The molecule has 3 N–H and O–H groups in total. The van der Waals surface area contributed by atoms with Crippen molar-refractivity contribution in [3.05, 3.63) is 29.3 Å². The third-order valence-corrected chi connectivity index (χ3v) is 3.33. The van der Waals surface area contributed by atoms with E-state index in [2.05, 4.69) is 19.2 Å². The largest absolute Gasteiger partial charge is 0.330 e. The molecular weight excluding hydrogens is 286 g/mol. The quantitative estimate of drug-likeness (QED) is 0.848. The fourth-order valence-electron chi connectivity index (χ4n) is 2.16. The zero-order chi connectivity index (χ0) is 15.3. The standard InChI is InChI=1S/C16H27N3O.ClH/c1-12-6-7-13(2)14(8-12)18-15(20)9-19(5)11-16(3,4)10-17;/h6-8H,9-11,17H2,1-5H3,(H,18,20);1H. The Hall–Kier alpha value is -1.10. The Balaban J connectivity index is 0.00000400. The summed E-state index contributed by atoms with van der Waals surface area (Å²) in [5.41, 5.74) is 8.85. The van der Waals surface area contributed by atoms with E-state index in [4.69, 9.17) is 5.73 Å². The second-order valence-electron chi connectivity index (χ2n) is 6.41. The van der Waals surface area contributed by atoms with Gasteiger partial charge in [0.1, 0.15) is 0 Å². The van der Waals surface area contributed by atoms with Crippen molar-refractivity contribution in [3.63, 3.8) is 0 Å². The molecule has 0 heterocycles. The first-order valence-corrected chi connectivity index (χ1v) is 6.99. The van der Waals surface area contributed by atoms with Crippen LogP contribution in [-0.4, -0.2) is 37.5 Å². The van der Waals surface area contributed by atoms with E-state index in [0.29, 0.717) is 13.1 Å². The van der Waals surface area contributed by atoms with Crippen molar-refractivity contribution in [1.82, 2.24) is 4.90 Å². The van der Waals surface area contributed by atoms with Crippen LogP contribution < -0.4 is 11.1 Å². The van der Waals surface area contributed by atoms with Gasteiger partial charge >= 0.3 is 0 Å². The van der Waals surface area contributed by atoms with E-state index in [1.165, 1.54) is 0 Å². The van der Waals surface area contributed by atoms with Gasteiger partial charge in [0.05, 0.1) is 6.54 Å². The molecule has 0 aliphatic carbocycles. The number of aryl methyl sites for hydroxylation is 2. The molecule has 0 fully saturated rings. The number of rotatable bonds is 6. The van der Waals surface area contributed by atoms with Gasteiger partial charge in [-0.05, 0) is 50.0 Å². The molecule has 0 atom stereocenters. The number of likely N-dealkylation sites (N-methyl/N-ethyl adjacent to an activating group) is 1. The van der Waals surface area contributed by atoms with Crippen LogP contribution in [0.4, 0.5) is 5.69 Å². The Morgan fingerprint density at radius 2 is 1.95 bits per heavy atom. The normalized spacial score (nSPS) is 11.2. The topological polar surface area (TPSA) is 58.4 Å². The van der Waals surface area contributed by atoms with Crippen molar-refractivity contribution in [2.24, 2.45) is 11.1 Å². The third kappa shape index (κ3) is 6.93. The van der Waals surface area contributed by atoms with E-state index >= 15 is 0 Å². The van der Waals surface area contributed by atoms with Crippen molar-refractivity contribution >= 4 is 24.0 Å². The van der Waals surface area contributed by atoms with Crippen LogP contribution in [0.3, 0.4) is 0 Å². The van der Waals surface area contributed by atoms with Gasteiger partial charge in [-0.2, -0.15) is 0 Å². The summed E-state index contributed by atoms with van der Waals surface area (Å²) >= 11 is 0. The van der Waals surface area contributed by atoms with Crippen molar-refractivity contribution in [3.8, 4) is 0 Å². The smallest absolute Gasteiger partial charge is 0.238 e. The lowest BCUT2D eigenvalue weighted by Crippen LogP contribution is -2.40. The van der Waals surface area contributed by atoms with Crippen LogP contribution >= 0.6 is 12.4 Å². The van der Waals surface area contributed by atoms with Gasteiger partial charge in [0.25, 0.3) is 0 Å². The Bertz CT molecular complexity index is 475. The third-order valence-electron chi connectivity index (χ3n) is 3.33. The van der Waals surface area contributed by atoms with Crippen molar-refractivity contribution in [1.29, 1.82) is 0 Å². The molecule has 0 saturated carbocycles. The van der Waals surface area contributed by atoms with E-state index in [0.717, 1.165) is 23.4 Å². The minimum atomic E-state index is 0. The lowest BCUT2D eigenvalue weighted by Gasteiger charge is -2.28. The van der Waals surface area contributed by atoms with Crippen LogP contribution in [-0.2, 0) is 4.79 Å². The highest BCUT2D eigenvalue weighted by Gasteiger charge is 2.19. The highest BCUT2D eigenvalue weighted by atomic mass is 35.5. The van der Waals surface area contributed by atoms with Crippen molar-refractivity contribution in [2.75, 3.05) is 32.0 Å². The summed E-state index contributed by atoms with van der Waals surface area (Å²) in [5.74, 6) is 0.00835. The number of carbonyl (C=O) groups excluding carboxylic acids is 1. The minimum absolute atomic E-state index is 0. The number of nitrogens with one attached hydrogen (secondary N) is 1. The molecule has 1 amide bonds. The van der Waals surface area contributed by atoms with Gasteiger partial charge in [0.2, 0.25) is 5.91 Å². The van der Waals surface area contributed by atoms with Gasteiger partial charge in [-0.15, -0.1) is 12.4 Å². The number of hydrogen-bond acceptors (Lipinski definition) is 3. The maximum atomic E-state index is 12.1. The molecule has 5 heteroatoms. The molecule has 0 spiro atoms. The van der Waals surface area contributed by atoms with Gasteiger partial charge in [-0.1, -0.05) is 26.0 Å². The number of nitrogens with two attached hydrogens (primary N) is 1. The monoisotopic (exact) mass is 313 g/mol.